The molecule has 0 aliphatic carbocycles. The quantitative estimate of drug-likeness (QED) is 0.682. The van der Waals surface area contributed by atoms with Crippen LogP contribution < -0.4 is 5.32 Å². The lowest BCUT2D eigenvalue weighted by atomic mass is 10.0. The predicted molar refractivity (Wildman–Crippen MR) is 62.6 cm³/mol. The molecule has 1 saturated heterocycles. The van der Waals surface area contributed by atoms with Crippen LogP contribution in [0.2, 0.25) is 0 Å². The molecule has 0 saturated carbocycles. The average molecular weight is 198 g/mol. The molecule has 0 aromatic carbocycles. The molecule has 1 fully saturated rings. The molecular formula is C12H26N2. The number of hydrogen-bond donors (Lipinski definition) is 1. The van der Waals surface area contributed by atoms with Gasteiger partial charge in [-0.2, -0.15) is 0 Å². The maximum atomic E-state index is 3.55. The number of piperidine rings is 1. The summed E-state index contributed by atoms with van der Waals surface area (Å²) in [4.78, 5) is 2.66. The predicted octanol–water partition coefficient (Wildman–Crippen LogP) is 2.25. The summed E-state index contributed by atoms with van der Waals surface area (Å²) in [6, 6.07) is 1.50. The molecule has 1 rings (SSSR count). The molecule has 0 unspecified atom stereocenters. The maximum absolute atomic E-state index is 3.55. The summed E-state index contributed by atoms with van der Waals surface area (Å²) >= 11 is 0. The third kappa shape index (κ3) is 3.58. The second-order valence-electron chi connectivity index (χ2n) is 4.69. The number of nitrogens with one attached hydrogen (secondary N) is 1. The van der Waals surface area contributed by atoms with E-state index in [1.165, 1.54) is 45.3 Å². The first-order valence-electron chi connectivity index (χ1n) is 6.22. The molecule has 2 heteroatoms. The third-order valence-corrected chi connectivity index (χ3v) is 3.14. The van der Waals surface area contributed by atoms with Gasteiger partial charge in [-0.25, -0.2) is 0 Å². The molecule has 1 aliphatic heterocycles. The molecule has 84 valence electrons. The lowest BCUT2D eigenvalue weighted by Crippen LogP contribution is -2.48. The van der Waals surface area contributed by atoms with Crippen LogP contribution in [0.3, 0.4) is 0 Å². The van der Waals surface area contributed by atoms with Gasteiger partial charge in [0.15, 0.2) is 0 Å². The van der Waals surface area contributed by atoms with Crippen molar-refractivity contribution >= 4 is 0 Å². The smallest absolute Gasteiger partial charge is 0.0223 e. The second-order valence-corrected chi connectivity index (χ2v) is 4.69. The molecule has 14 heavy (non-hydrogen) atoms. The first-order chi connectivity index (χ1) is 6.75. The zero-order valence-corrected chi connectivity index (χ0v) is 10.1. The summed E-state index contributed by atoms with van der Waals surface area (Å²) in [5.41, 5.74) is 0. The van der Waals surface area contributed by atoms with Crippen molar-refractivity contribution in [1.29, 1.82) is 0 Å². The molecule has 0 bridgehead atoms. The second kappa shape index (κ2) is 6.41. The molecule has 1 atom stereocenters. The van der Waals surface area contributed by atoms with Gasteiger partial charge in [0.2, 0.25) is 0 Å². The topological polar surface area (TPSA) is 15.3 Å². The van der Waals surface area contributed by atoms with Gasteiger partial charge in [0.25, 0.3) is 0 Å². The summed E-state index contributed by atoms with van der Waals surface area (Å²) in [7, 11) is 0. The van der Waals surface area contributed by atoms with Crippen LogP contribution in [0.5, 0.6) is 0 Å². The molecular weight excluding hydrogens is 172 g/mol. The normalized spacial score (nSPS) is 24.4. The minimum atomic E-state index is 0.712. The first kappa shape index (κ1) is 12.0. The van der Waals surface area contributed by atoms with Crippen molar-refractivity contribution in [3.8, 4) is 0 Å². The van der Waals surface area contributed by atoms with E-state index in [9.17, 15) is 0 Å². The Labute approximate surface area is 89.1 Å². The fourth-order valence-corrected chi connectivity index (χ4v) is 2.37. The van der Waals surface area contributed by atoms with Gasteiger partial charge >= 0.3 is 0 Å². The number of rotatable bonds is 5. The molecule has 0 radical (unpaired) electrons. The number of hydrogen-bond acceptors (Lipinski definition) is 2. The van der Waals surface area contributed by atoms with Gasteiger partial charge in [-0.1, -0.05) is 13.3 Å². The third-order valence-electron chi connectivity index (χ3n) is 3.14. The Morgan fingerprint density at radius 2 is 2.14 bits per heavy atom. The van der Waals surface area contributed by atoms with Crippen LogP contribution in [0, 0.1) is 0 Å². The van der Waals surface area contributed by atoms with Crippen LogP contribution in [0.25, 0.3) is 0 Å². The monoisotopic (exact) mass is 198 g/mol. The van der Waals surface area contributed by atoms with Gasteiger partial charge in [0.1, 0.15) is 0 Å². The number of nitrogens with zero attached hydrogens (tertiary/aromatic N) is 1. The minimum absolute atomic E-state index is 0.712. The SMILES string of the molecule is CCCNC[C@H]1CCCCN1C(C)C. The maximum Gasteiger partial charge on any atom is 0.0223 e. The molecule has 0 aromatic heterocycles. The van der Waals surface area contributed by atoms with Gasteiger partial charge < -0.3 is 5.32 Å². The Morgan fingerprint density at radius 3 is 2.79 bits per heavy atom. The molecule has 1 heterocycles. The summed E-state index contributed by atoms with van der Waals surface area (Å²) in [5.74, 6) is 0. The van der Waals surface area contributed by atoms with Crippen LogP contribution in [-0.2, 0) is 0 Å². The Balaban J connectivity index is 2.30. The Hall–Kier alpha value is -0.0800. The molecule has 1 N–H and O–H groups in total. The van der Waals surface area contributed by atoms with Gasteiger partial charge in [0, 0.05) is 18.6 Å². The van der Waals surface area contributed by atoms with Gasteiger partial charge in [-0.3, -0.25) is 4.90 Å². The van der Waals surface area contributed by atoms with E-state index in [4.69, 9.17) is 0 Å². The van der Waals surface area contributed by atoms with Crippen molar-refractivity contribution in [2.24, 2.45) is 0 Å². The Bertz CT molecular complexity index is 145. The standard InChI is InChI=1S/C12H26N2/c1-4-8-13-10-12-7-5-6-9-14(12)11(2)3/h11-13H,4-10H2,1-3H3/t12-/m1/s1. The van der Waals surface area contributed by atoms with E-state index in [1.807, 2.05) is 0 Å². The molecule has 0 amide bonds. The fraction of sp³-hybridized carbons (Fsp3) is 1.00. The van der Waals surface area contributed by atoms with E-state index < -0.39 is 0 Å². The van der Waals surface area contributed by atoms with Crippen molar-refractivity contribution < 1.29 is 0 Å². The highest BCUT2D eigenvalue weighted by molar-refractivity contribution is 4.80. The van der Waals surface area contributed by atoms with Crippen LogP contribution in [-0.4, -0.2) is 36.6 Å². The zero-order chi connectivity index (χ0) is 10.4. The minimum Gasteiger partial charge on any atom is -0.315 e. The lowest BCUT2D eigenvalue weighted by molar-refractivity contribution is 0.110. The van der Waals surface area contributed by atoms with Crippen molar-refractivity contribution in [3.05, 3.63) is 0 Å². The lowest BCUT2D eigenvalue weighted by Gasteiger charge is -2.38. The van der Waals surface area contributed by atoms with E-state index in [0.29, 0.717) is 6.04 Å². The van der Waals surface area contributed by atoms with Gasteiger partial charge in [-0.05, 0) is 46.2 Å². The van der Waals surface area contributed by atoms with E-state index in [1.54, 1.807) is 0 Å². The zero-order valence-electron chi connectivity index (χ0n) is 10.1. The van der Waals surface area contributed by atoms with Crippen molar-refractivity contribution in [2.45, 2.75) is 58.5 Å². The van der Waals surface area contributed by atoms with Gasteiger partial charge in [0.05, 0.1) is 0 Å². The van der Waals surface area contributed by atoms with E-state index in [-0.39, 0.29) is 0 Å². The molecule has 1 aliphatic rings. The van der Waals surface area contributed by atoms with Crippen LogP contribution >= 0.6 is 0 Å². The highest BCUT2D eigenvalue weighted by atomic mass is 15.2. The van der Waals surface area contributed by atoms with E-state index in [2.05, 4.69) is 31.0 Å². The van der Waals surface area contributed by atoms with Gasteiger partial charge in [-0.15, -0.1) is 0 Å². The summed E-state index contributed by atoms with van der Waals surface area (Å²) < 4.78 is 0. The highest BCUT2D eigenvalue weighted by Crippen LogP contribution is 2.18. The first-order valence-corrected chi connectivity index (χ1v) is 6.22. The molecule has 0 spiro atoms. The average Bonchev–Trinajstić information content (AvgIpc) is 2.19. The Morgan fingerprint density at radius 1 is 1.36 bits per heavy atom. The summed E-state index contributed by atoms with van der Waals surface area (Å²) in [6.07, 6.45) is 5.44. The molecule has 2 nitrogen and oxygen atoms in total. The van der Waals surface area contributed by atoms with E-state index in [0.717, 1.165) is 6.04 Å². The van der Waals surface area contributed by atoms with E-state index >= 15 is 0 Å². The van der Waals surface area contributed by atoms with Crippen molar-refractivity contribution in [2.75, 3.05) is 19.6 Å². The largest absolute Gasteiger partial charge is 0.315 e. The summed E-state index contributed by atoms with van der Waals surface area (Å²) in [6.45, 7) is 10.5. The van der Waals surface area contributed by atoms with Crippen LogP contribution in [0.15, 0.2) is 0 Å². The highest BCUT2D eigenvalue weighted by Gasteiger charge is 2.23. The van der Waals surface area contributed by atoms with Crippen molar-refractivity contribution in [3.63, 3.8) is 0 Å². The van der Waals surface area contributed by atoms with Crippen LogP contribution in [0.4, 0.5) is 0 Å². The van der Waals surface area contributed by atoms with Crippen molar-refractivity contribution in [1.82, 2.24) is 10.2 Å². The van der Waals surface area contributed by atoms with Crippen LogP contribution in [0.1, 0.15) is 46.5 Å². The summed E-state index contributed by atoms with van der Waals surface area (Å²) in [5, 5.41) is 3.55. The Kier molecular flexibility index (Phi) is 5.49. The molecule has 0 aromatic rings. The number of likely N-dealkylation sites (tertiary alicyclic amines) is 1. The fourth-order valence-electron chi connectivity index (χ4n) is 2.37.